The van der Waals surface area contributed by atoms with E-state index in [9.17, 15) is 9.18 Å². The van der Waals surface area contributed by atoms with Crippen LogP contribution < -0.4 is 0 Å². The van der Waals surface area contributed by atoms with E-state index in [0.717, 1.165) is 6.42 Å². The zero-order valence-electron chi connectivity index (χ0n) is 10.6. The quantitative estimate of drug-likeness (QED) is 0.705. The van der Waals surface area contributed by atoms with Crippen LogP contribution in [0, 0.1) is 25.1 Å². The fourth-order valence-electron chi connectivity index (χ4n) is 1.63. The molecule has 0 unspecified atom stereocenters. The van der Waals surface area contributed by atoms with E-state index in [2.05, 4.69) is 0 Å². The highest BCUT2D eigenvalue weighted by atomic mass is 19.1. The molecule has 0 atom stereocenters. The molecule has 0 radical (unpaired) electrons. The summed E-state index contributed by atoms with van der Waals surface area (Å²) in [4.78, 5) is 12.2. The molecule has 0 heterocycles. The molecule has 0 fully saturated rings. The van der Waals surface area contributed by atoms with Gasteiger partial charge in [-0.25, -0.2) is 4.39 Å². The number of hydrogen-bond acceptors (Lipinski definition) is 1. The molecular formula is C14H19FO. The smallest absolute Gasteiger partial charge is 0.168 e. The molecule has 2 heteroatoms. The fraction of sp³-hybridized carbons (Fsp3) is 0.500. The van der Waals surface area contributed by atoms with Crippen molar-refractivity contribution in [2.24, 2.45) is 5.41 Å². The van der Waals surface area contributed by atoms with E-state index < -0.39 is 0 Å². The minimum atomic E-state index is -0.378. The molecule has 0 saturated heterocycles. The van der Waals surface area contributed by atoms with Crippen LogP contribution in [-0.4, -0.2) is 5.78 Å². The van der Waals surface area contributed by atoms with Crippen LogP contribution in [0.25, 0.3) is 0 Å². The lowest BCUT2D eigenvalue weighted by Crippen LogP contribution is -2.23. The van der Waals surface area contributed by atoms with Gasteiger partial charge in [-0.15, -0.1) is 0 Å². The molecule has 0 aromatic heterocycles. The molecule has 0 bridgehead atoms. The molecule has 1 nitrogen and oxygen atoms in total. The molecule has 0 saturated carbocycles. The maximum absolute atomic E-state index is 13.4. The van der Waals surface area contributed by atoms with Gasteiger partial charge in [-0.2, -0.15) is 0 Å². The molecule has 1 aromatic carbocycles. The van der Waals surface area contributed by atoms with Crippen molar-refractivity contribution in [1.29, 1.82) is 0 Å². The second-order valence-electron chi connectivity index (χ2n) is 4.99. The Balaban J connectivity index is 3.21. The summed E-state index contributed by atoms with van der Waals surface area (Å²) in [5, 5.41) is 0. The largest absolute Gasteiger partial charge is 0.294 e. The maximum Gasteiger partial charge on any atom is 0.168 e. The molecule has 0 aliphatic carbocycles. The van der Waals surface area contributed by atoms with Crippen LogP contribution in [0.15, 0.2) is 12.1 Å². The summed E-state index contributed by atoms with van der Waals surface area (Å²) in [5.74, 6) is -0.132. The zero-order chi connectivity index (χ0) is 12.5. The van der Waals surface area contributed by atoms with Gasteiger partial charge in [-0.3, -0.25) is 4.79 Å². The van der Waals surface area contributed by atoms with E-state index in [1.165, 1.54) is 0 Å². The lowest BCUT2D eigenvalue weighted by Gasteiger charge is -2.21. The van der Waals surface area contributed by atoms with Crippen molar-refractivity contribution < 1.29 is 9.18 Å². The number of carbonyl (C=O) groups excluding carboxylic acids is 1. The van der Waals surface area contributed by atoms with Crippen LogP contribution in [0.2, 0.25) is 0 Å². The van der Waals surface area contributed by atoms with Gasteiger partial charge in [0, 0.05) is 11.0 Å². The summed E-state index contributed by atoms with van der Waals surface area (Å²) in [6, 6.07) is 3.28. The fourth-order valence-corrected chi connectivity index (χ4v) is 1.63. The highest BCUT2D eigenvalue weighted by molar-refractivity contribution is 6.00. The Kier molecular flexibility index (Phi) is 3.51. The molecule has 0 spiro atoms. The van der Waals surface area contributed by atoms with Gasteiger partial charge in [0.25, 0.3) is 0 Å². The number of carbonyl (C=O) groups is 1. The number of aryl methyl sites for hydroxylation is 2. The van der Waals surface area contributed by atoms with Crippen LogP contribution >= 0.6 is 0 Å². The predicted octanol–water partition coefficient (Wildman–Crippen LogP) is 4.06. The number of Topliss-reactive ketones (excluding diaryl/α,β-unsaturated/α-hetero) is 1. The third-order valence-electron chi connectivity index (χ3n) is 3.20. The Morgan fingerprint density at radius 1 is 1.25 bits per heavy atom. The van der Waals surface area contributed by atoms with Crippen molar-refractivity contribution in [1.82, 2.24) is 0 Å². The first-order valence-corrected chi connectivity index (χ1v) is 5.61. The molecule has 1 rings (SSSR count). The van der Waals surface area contributed by atoms with Gasteiger partial charge in [0.05, 0.1) is 0 Å². The van der Waals surface area contributed by atoms with Crippen molar-refractivity contribution >= 4 is 5.78 Å². The minimum absolute atomic E-state index is 0.0844. The van der Waals surface area contributed by atoms with E-state index in [-0.39, 0.29) is 17.0 Å². The predicted molar refractivity (Wildman–Crippen MR) is 64.3 cm³/mol. The Morgan fingerprint density at radius 2 is 1.69 bits per heavy atom. The molecule has 0 N–H and O–H groups in total. The van der Waals surface area contributed by atoms with Crippen molar-refractivity contribution in [2.75, 3.05) is 0 Å². The van der Waals surface area contributed by atoms with Crippen LogP contribution in [0.3, 0.4) is 0 Å². The van der Waals surface area contributed by atoms with E-state index in [0.29, 0.717) is 16.7 Å². The van der Waals surface area contributed by atoms with E-state index >= 15 is 0 Å². The maximum atomic E-state index is 13.4. The molecule has 88 valence electrons. The average molecular weight is 222 g/mol. The summed E-state index contributed by atoms with van der Waals surface area (Å²) in [7, 11) is 0. The van der Waals surface area contributed by atoms with Crippen LogP contribution in [0.5, 0.6) is 0 Å². The number of ketones is 1. The van der Waals surface area contributed by atoms with Crippen LogP contribution in [0.4, 0.5) is 4.39 Å². The number of rotatable bonds is 3. The lowest BCUT2D eigenvalue weighted by molar-refractivity contribution is 0.0833. The SMILES string of the molecule is CCC(C)(C)C(=O)c1cc(C)c(F)c(C)c1. The first-order valence-electron chi connectivity index (χ1n) is 5.61. The second kappa shape index (κ2) is 4.36. The number of hydrogen-bond donors (Lipinski definition) is 0. The van der Waals surface area contributed by atoms with E-state index in [1.54, 1.807) is 26.0 Å². The third kappa shape index (κ3) is 2.31. The topological polar surface area (TPSA) is 17.1 Å². The summed E-state index contributed by atoms with van der Waals surface area (Å²) in [6.45, 7) is 9.21. The van der Waals surface area contributed by atoms with Crippen molar-refractivity contribution in [3.05, 3.63) is 34.6 Å². The molecule has 16 heavy (non-hydrogen) atoms. The first-order chi connectivity index (χ1) is 7.29. The first kappa shape index (κ1) is 12.9. The Labute approximate surface area is 96.7 Å². The van der Waals surface area contributed by atoms with Gasteiger partial charge in [0.2, 0.25) is 0 Å². The van der Waals surface area contributed by atoms with Gasteiger partial charge in [0.1, 0.15) is 5.82 Å². The van der Waals surface area contributed by atoms with Gasteiger partial charge in [0.15, 0.2) is 5.78 Å². The second-order valence-corrected chi connectivity index (χ2v) is 4.99. The number of halogens is 1. The Morgan fingerprint density at radius 3 is 2.06 bits per heavy atom. The van der Waals surface area contributed by atoms with Crippen molar-refractivity contribution in [3.8, 4) is 0 Å². The van der Waals surface area contributed by atoms with E-state index in [1.807, 2.05) is 20.8 Å². The van der Waals surface area contributed by atoms with E-state index in [4.69, 9.17) is 0 Å². The molecule has 0 aliphatic heterocycles. The van der Waals surface area contributed by atoms with Crippen molar-refractivity contribution in [2.45, 2.75) is 41.0 Å². The molecule has 0 aliphatic rings. The van der Waals surface area contributed by atoms with Crippen molar-refractivity contribution in [3.63, 3.8) is 0 Å². The third-order valence-corrected chi connectivity index (χ3v) is 3.20. The van der Waals surface area contributed by atoms with Gasteiger partial charge < -0.3 is 0 Å². The normalized spacial score (nSPS) is 11.6. The Hall–Kier alpha value is -1.18. The summed E-state index contributed by atoms with van der Waals surface area (Å²) < 4.78 is 13.4. The number of benzene rings is 1. The highest BCUT2D eigenvalue weighted by Gasteiger charge is 2.27. The van der Waals surface area contributed by atoms with Gasteiger partial charge >= 0.3 is 0 Å². The van der Waals surface area contributed by atoms with Gasteiger partial charge in [-0.1, -0.05) is 20.8 Å². The monoisotopic (exact) mass is 222 g/mol. The minimum Gasteiger partial charge on any atom is -0.294 e. The van der Waals surface area contributed by atoms with Crippen LogP contribution in [0.1, 0.15) is 48.7 Å². The summed E-state index contributed by atoms with van der Waals surface area (Å²) >= 11 is 0. The summed E-state index contributed by atoms with van der Waals surface area (Å²) in [6.07, 6.45) is 0.779. The van der Waals surface area contributed by atoms with Gasteiger partial charge in [-0.05, 0) is 43.5 Å². The summed E-state index contributed by atoms with van der Waals surface area (Å²) in [5.41, 5.74) is 1.31. The zero-order valence-corrected chi connectivity index (χ0v) is 10.6. The highest BCUT2D eigenvalue weighted by Crippen LogP contribution is 2.27. The molecule has 0 amide bonds. The molecule has 1 aromatic rings. The molecular weight excluding hydrogens is 203 g/mol. The lowest BCUT2D eigenvalue weighted by atomic mass is 9.81. The Bertz CT molecular complexity index is 396. The average Bonchev–Trinajstić information content (AvgIpc) is 2.24. The van der Waals surface area contributed by atoms with Crippen LogP contribution in [-0.2, 0) is 0 Å². The standard InChI is InChI=1S/C14H19FO/c1-6-14(4,5)13(16)11-7-9(2)12(15)10(3)8-11/h7-8H,6H2,1-5H3.